The van der Waals surface area contributed by atoms with E-state index in [0.717, 1.165) is 52.5 Å². The molecule has 0 spiro atoms. The maximum atomic E-state index is 13.3. The summed E-state index contributed by atoms with van der Waals surface area (Å²) >= 11 is 0. The molecule has 6 rings (SSSR count). The zero-order chi connectivity index (χ0) is 28.0. The molecule has 0 saturated carbocycles. The number of unbranched alkanes of at least 4 members (excludes halogenated alkanes) is 1. The summed E-state index contributed by atoms with van der Waals surface area (Å²) in [5, 5.41) is 5.60. The molecule has 41 heavy (non-hydrogen) atoms. The zero-order valence-corrected chi connectivity index (χ0v) is 23.3. The highest BCUT2D eigenvalue weighted by Crippen LogP contribution is 2.28. The number of benzene rings is 3. The molecule has 1 fully saturated rings. The predicted molar refractivity (Wildman–Crippen MR) is 161 cm³/mol. The number of hydrogen-bond acceptors (Lipinski definition) is 6. The van der Waals surface area contributed by atoms with E-state index in [4.69, 9.17) is 19.8 Å². The first kappa shape index (κ1) is 26.5. The van der Waals surface area contributed by atoms with E-state index < -0.39 is 0 Å². The average Bonchev–Trinajstić information content (AvgIpc) is 3.46. The molecule has 0 bridgehead atoms. The fourth-order valence-corrected chi connectivity index (χ4v) is 5.13. The summed E-state index contributed by atoms with van der Waals surface area (Å²) in [5.74, 6) is 2.45. The van der Waals surface area contributed by atoms with E-state index in [1.165, 1.54) is 0 Å². The maximum Gasteiger partial charge on any atom is 0.253 e. The summed E-state index contributed by atoms with van der Waals surface area (Å²) in [7, 11) is 0. The van der Waals surface area contributed by atoms with Crippen molar-refractivity contribution in [3.8, 4) is 11.4 Å². The quantitative estimate of drug-likeness (QED) is 0.226. The predicted octanol–water partition coefficient (Wildman–Crippen LogP) is 5.55. The minimum absolute atomic E-state index is 0.0410. The van der Waals surface area contributed by atoms with Crippen LogP contribution >= 0.6 is 0 Å². The van der Waals surface area contributed by atoms with Gasteiger partial charge in [0.05, 0.1) is 23.9 Å². The average molecular weight is 547 g/mol. The maximum absolute atomic E-state index is 13.3. The largest absolute Gasteiger partial charge is 0.494 e. The summed E-state index contributed by atoms with van der Waals surface area (Å²) in [5.41, 5.74) is 3.57. The monoisotopic (exact) mass is 546 g/mol. The van der Waals surface area contributed by atoms with Crippen molar-refractivity contribution < 1.29 is 9.53 Å². The fraction of sp³-hybridized carbons (Fsp3) is 0.273. The normalized spacial score (nSPS) is 13.5. The number of hydrogen-bond donors (Lipinski definition) is 0. The van der Waals surface area contributed by atoms with Gasteiger partial charge in [-0.3, -0.25) is 4.79 Å². The lowest BCUT2D eigenvalue weighted by Gasteiger charge is -2.35. The third-order valence-corrected chi connectivity index (χ3v) is 7.39. The van der Waals surface area contributed by atoms with Gasteiger partial charge in [0.25, 0.3) is 5.91 Å². The zero-order valence-electron chi connectivity index (χ0n) is 23.3. The standard InChI is InChI=1S/C33H34N6O2/c1-2-3-22-41-28-16-14-26(15-17-28)33(40)38-20-18-37(19-21-38)31-29-24-34-39(27-12-8-5-9-13-27)32(29)36-30(35-31)23-25-10-6-4-7-11-25/h4-17,24H,2-3,18-23H2,1H3. The van der Waals surface area contributed by atoms with Crippen molar-refractivity contribution in [1.82, 2.24) is 24.6 Å². The highest BCUT2D eigenvalue weighted by molar-refractivity contribution is 5.94. The molecule has 0 N–H and O–H groups in total. The Kier molecular flexibility index (Phi) is 7.89. The molecule has 1 aliphatic heterocycles. The van der Waals surface area contributed by atoms with Crippen LogP contribution in [0.2, 0.25) is 0 Å². The number of ether oxygens (including phenoxy) is 1. The summed E-state index contributed by atoms with van der Waals surface area (Å²) in [6.45, 7) is 5.41. The lowest BCUT2D eigenvalue weighted by molar-refractivity contribution is 0.0746. The van der Waals surface area contributed by atoms with Gasteiger partial charge in [-0.2, -0.15) is 5.10 Å². The first-order valence-electron chi connectivity index (χ1n) is 14.3. The number of aromatic nitrogens is 4. The summed E-state index contributed by atoms with van der Waals surface area (Å²) < 4.78 is 7.63. The van der Waals surface area contributed by atoms with Crippen molar-refractivity contribution in [3.05, 3.63) is 108 Å². The number of amides is 1. The van der Waals surface area contributed by atoms with Gasteiger partial charge < -0.3 is 14.5 Å². The number of para-hydroxylation sites is 1. The van der Waals surface area contributed by atoms with Gasteiger partial charge in [-0.1, -0.05) is 61.9 Å². The number of nitrogens with zero attached hydrogens (tertiary/aromatic N) is 6. The number of piperazine rings is 1. The molecule has 1 saturated heterocycles. The molecule has 0 aliphatic carbocycles. The Labute approximate surface area is 240 Å². The molecule has 1 aliphatic rings. The first-order chi connectivity index (χ1) is 20.2. The molecule has 3 aromatic carbocycles. The molecule has 3 heterocycles. The Morgan fingerprint density at radius 1 is 0.854 bits per heavy atom. The topological polar surface area (TPSA) is 76.4 Å². The summed E-state index contributed by atoms with van der Waals surface area (Å²) in [6, 6.07) is 27.8. The Morgan fingerprint density at radius 3 is 2.27 bits per heavy atom. The van der Waals surface area contributed by atoms with Crippen LogP contribution in [-0.2, 0) is 6.42 Å². The number of carbonyl (C=O) groups excluding carboxylic acids is 1. The second-order valence-corrected chi connectivity index (χ2v) is 10.3. The van der Waals surface area contributed by atoms with Crippen LogP contribution < -0.4 is 9.64 Å². The SMILES string of the molecule is CCCCOc1ccc(C(=O)N2CCN(c3nc(Cc4ccccc4)nc4c3cnn4-c3ccccc3)CC2)cc1. The first-order valence-corrected chi connectivity index (χ1v) is 14.3. The van der Waals surface area contributed by atoms with Crippen molar-refractivity contribution in [2.24, 2.45) is 0 Å². The van der Waals surface area contributed by atoms with Crippen LogP contribution in [0.4, 0.5) is 5.82 Å². The highest BCUT2D eigenvalue weighted by Gasteiger charge is 2.26. The Balaban J connectivity index is 1.22. The van der Waals surface area contributed by atoms with Crippen LogP contribution in [0.5, 0.6) is 5.75 Å². The van der Waals surface area contributed by atoms with Crippen LogP contribution in [0.3, 0.4) is 0 Å². The molecule has 8 nitrogen and oxygen atoms in total. The van der Waals surface area contributed by atoms with E-state index in [-0.39, 0.29) is 5.91 Å². The second-order valence-electron chi connectivity index (χ2n) is 10.3. The molecule has 208 valence electrons. The van der Waals surface area contributed by atoms with Gasteiger partial charge >= 0.3 is 0 Å². The number of fused-ring (bicyclic) bond motifs is 1. The van der Waals surface area contributed by atoms with Crippen LogP contribution in [0.25, 0.3) is 16.7 Å². The third-order valence-electron chi connectivity index (χ3n) is 7.39. The van der Waals surface area contributed by atoms with Crippen molar-refractivity contribution in [2.45, 2.75) is 26.2 Å². The van der Waals surface area contributed by atoms with E-state index in [1.54, 1.807) is 0 Å². The number of rotatable bonds is 9. The van der Waals surface area contributed by atoms with E-state index in [2.05, 4.69) is 24.0 Å². The number of carbonyl (C=O) groups is 1. The van der Waals surface area contributed by atoms with Crippen molar-refractivity contribution in [3.63, 3.8) is 0 Å². The molecule has 2 aromatic heterocycles. The number of anilines is 1. The highest BCUT2D eigenvalue weighted by atomic mass is 16.5. The summed E-state index contributed by atoms with van der Waals surface area (Å²) in [4.78, 5) is 27.4. The van der Waals surface area contributed by atoms with Crippen molar-refractivity contribution in [2.75, 3.05) is 37.7 Å². The van der Waals surface area contributed by atoms with E-state index in [1.807, 2.05) is 88.6 Å². The van der Waals surface area contributed by atoms with Gasteiger partial charge in [0.2, 0.25) is 0 Å². The van der Waals surface area contributed by atoms with Gasteiger partial charge in [-0.05, 0) is 48.4 Å². The molecular formula is C33H34N6O2. The molecule has 0 atom stereocenters. The van der Waals surface area contributed by atoms with Crippen molar-refractivity contribution >= 4 is 22.8 Å². The van der Waals surface area contributed by atoms with Gasteiger partial charge in [-0.15, -0.1) is 0 Å². The van der Waals surface area contributed by atoms with Gasteiger partial charge in [-0.25, -0.2) is 14.6 Å². The Morgan fingerprint density at radius 2 is 1.56 bits per heavy atom. The lowest BCUT2D eigenvalue weighted by atomic mass is 10.1. The van der Waals surface area contributed by atoms with Crippen LogP contribution in [0.1, 0.15) is 41.5 Å². The third kappa shape index (κ3) is 5.91. The molecule has 5 aromatic rings. The van der Waals surface area contributed by atoms with E-state index in [9.17, 15) is 4.79 Å². The van der Waals surface area contributed by atoms with E-state index >= 15 is 0 Å². The van der Waals surface area contributed by atoms with Crippen LogP contribution in [0, 0.1) is 0 Å². The van der Waals surface area contributed by atoms with Crippen LogP contribution in [-0.4, -0.2) is 63.3 Å². The minimum Gasteiger partial charge on any atom is -0.494 e. The second kappa shape index (κ2) is 12.2. The van der Waals surface area contributed by atoms with Gasteiger partial charge in [0.1, 0.15) is 17.4 Å². The molecule has 8 heteroatoms. The minimum atomic E-state index is 0.0410. The van der Waals surface area contributed by atoms with Crippen LogP contribution in [0.15, 0.2) is 91.1 Å². The fourth-order valence-electron chi connectivity index (χ4n) is 5.13. The van der Waals surface area contributed by atoms with E-state index in [0.29, 0.717) is 44.8 Å². The van der Waals surface area contributed by atoms with Gasteiger partial charge in [0, 0.05) is 38.2 Å². The Hall–Kier alpha value is -4.72. The Bertz CT molecular complexity index is 1590. The molecule has 1 amide bonds. The molecule has 0 radical (unpaired) electrons. The summed E-state index contributed by atoms with van der Waals surface area (Å²) in [6.07, 6.45) is 4.59. The lowest BCUT2D eigenvalue weighted by Crippen LogP contribution is -2.49. The molecular weight excluding hydrogens is 512 g/mol. The molecule has 0 unspecified atom stereocenters. The van der Waals surface area contributed by atoms with Crippen molar-refractivity contribution in [1.29, 1.82) is 0 Å². The van der Waals surface area contributed by atoms with Gasteiger partial charge in [0.15, 0.2) is 5.65 Å². The smallest absolute Gasteiger partial charge is 0.253 e.